The molecule has 2 aromatic rings. The van der Waals surface area contributed by atoms with Crippen molar-refractivity contribution in [2.24, 2.45) is 0 Å². The maximum absolute atomic E-state index is 11.6. The first-order valence-corrected chi connectivity index (χ1v) is 8.89. The van der Waals surface area contributed by atoms with Gasteiger partial charge < -0.3 is 15.4 Å². The minimum atomic E-state index is -0.345. The van der Waals surface area contributed by atoms with Crippen LogP contribution in [0.15, 0.2) is 54.9 Å². The predicted octanol–water partition coefficient (Wildman–Crippen LogP) is 3.66. The Hall–Kier alpha value is -2.40. The third kappa shape index (κ3) is 8.86. The van der Waals surface area contributed by atoms with E-state index in [4.69, 9.17) is 4.74 Å². The SMILES string of the molecule is O=C(NCCCCCCNCc1cccnc1)OCc1ccccc1. The zero-order valence-electron chi connectivity index (χ0n) is 14.6. The number of rotatable bonds is 11. The lowest BCUT2D eigenvalue weighted by Crippen LogP contribution is -2.25. The van der Waals surface area contributed by atoms with E-state index in [-0.39, 0.29) is 6.09 Å². The van der Waals surface area contributed by atoms with Crippen molar-refractivity contribution in [2.75, 3.05) is 13.1 Å². The van der Waals surface area contributed by atoms with E-state index in [0.29, 0.717) is 13.2 Å². The van der Waals surface area contributed by atoms with Gasteiger partial charge in [-0.1, -0.05) is 49.2 Å². The van der Waals surface area contributed by atoms with Crippen molar-refractivity contribution in [1.82, 2.24) is 15.6 Å². The van der Waals surface area contributed by atoms with Crippen LogP contribution in [0.3, 0.4) is 0 Å². The normalized spacial score (nSPS) is 10.4. The molecule has 0 unspecified atom stereocenters. The monoisotopic (exact) mass is 341 g/mol. The molecule has 0 atom stereocenters. The van der Waals surface area contributed by atoms with Gasteiger partial charge in [0.15, 0.2) is 0 Å². The van der Waals surface area contributed by atoms with Gasteiger partial charge in [-0.25, -0.2) is 4.79 Å². The number of nitrogens with one attached hydrogen (secondary N) is 2. The second-order valence-electron chi connectivity index (χ2n) is 5.94. The molecule has 25 heavy (non-hydrogen) atoms. The smallest absolute Gasteiger partial charge is 0.407 e. The van der Waals surface area contributed by atoms with Crippen LogP contribution >= 0.6 is 0 Å². The number of hydrogen-bond donors (Lipinski definition) is 2. The molecule has 0 saturated carbocycles. The Morgan fingerprint density at radius 2 is 1.68 bits per heavy atom. The van der Waals surface area contributed by atoms with E-state index in [9.17, 15) is 4.79 Å². The zero-order chi connectivity index (χ0) is 17.6. The summed E-state index contributed by atoms with van der Waals surface area (Å²) in [6.45, 7) is 2.84. The first kappa shape index (κ1) is 18.9. The molecular weight excluding hydrogens is 314 g/mol. The van der Waals surface area contributed by atoms with E-state index in [1.54, 1.807) is 6.20 Å². The molecule has 2 N–H and O–H groups in total. The summed E-state index contributed by atoms with van der Waals surface area (Å²) in [7, 11) is 0. The van der Waals surface area contributed by atoms with Crippen molar-refractivity contribution in [3.63, 3.8) is 0 Å². The number of amides is 1. The highest BCUT2D eigenvalue weighted by atomic mass is 16.5. The van der Waals surface area contributed by atoms with Gasteiger partial charge >= 0.3 is 6.09 Å². The van der Waals surface area contributed by atoms with Crippen LogP contribution < -0.4 is 10.6 Å². The predicted molar refractivity (Wildman–Crippen MR) is 99.0 cm³/mol. The quantitative estimate of drug-likeness (QED) is 0.612. The van der Waals surface area contributed by atoms with Gasteiger partial charge in [0.2, 0.25) is 0 Å². The highest BCUT2D eigenvalue weighted by Gasteiger charge is 2.01. The molecule has 0 aliphatic rings. The van der Waals surface area contributed by atoms with Crippen LogP contribution in [0.2, 0.25) is 0 Å². The fourth-order valence-electron chi connectivity index (χ4n) is 2.43. The Balaban J connectivity index is 1.38. The molecule has 2 rings (SSSR count). The van der Waals surface area contributed by atoms with Crippen LogP contribution in [0.25, 0.3) is 0 Å². The maximum Gasteiger partial charge on any atom is 0.407 e. The summed E-state index contributed by atoms with van der Waals surface area (Å²) in [6, 6.07) is 13.7. The van der Waals surface area contributed by atoms with E-state index in [2.05, 4.69) is 21.7 Å². The Bertz CT molecular complexity index is 590. The fraction of sp³-hybridized carbons (Fsp3) is 0.400. The molecule has 0 bridgehead atoms. The molecule has 5 heteroatoms. The number of pyridine rings is 1. The molecule has 0 saturated heterocycles. The van der Waals surface area contributed by atoms with Gasteiger partial charge in [-0.3, -0.25) is 4.98 Å². The lowest BCUT2D eigenvalue weighted by molar-refractivity contribution is 0.139. The number of unbranched alkanes of at least 4 members (excludes halogenated alkanes) is 3. The van der Waals surface area contributed by atoms with E-state index in [0.717, 1.165) is 44.3 Å². The van der Waals surface area contributed by atoms with Crippen LogP contribution in [0.4, 0.5) is 4.79 Å². The summed E-state index contributed by atoms with van der Waals surface area (Å²) in [6.07, 6.45) is 7.70. The number of benzene rings is 1. The molecule has 1 aromatic carbocycles. The Morgan fingerprint density at radius 1 is 0.920 bits per heavy atom. The largest absolute Gasteiger partial charge is 0.445 e. The topological polar surface area (TPSA) is 63.2 Å². The van der Waals surface area contributed by atoms with Gasteiger partial charge in [-0.15, -0.1) is 0 Å². The minimum Gasteiger partial charge on any atom is -0.445 e. The molecular formula is C20H27N3O2. The van der Waals surface area contributed by atoms with E-state index < -0.39 is 0 Å². The first-order chi connectivity index (χ1) is 12.3. The van der Waals surface area contributed by atoms with E-state index in [1.165, 1.54) is 5.56 Å². The van der Waals surface area contributed by atoms with Crippen molar-refractivity contribution >= 4 is 6.09 Å². The minimum absolute atomic E-state index is 0.315. The number of alkyl carbamates (subject to hydrolysis) is 1. The highest BCUT2D eigenvalue weighted by Crippen LogP contribution is 2.01. The summed E-state index contributed by atoms with van der Waals surface area (Å²) >= 11 is 0. The molecule has 1 amide bonds. The van der Waals surface area contributed by atoms with Gasteiger partial charge in [0.1, 0.15) is 6.61 Å². The second kappa shape index (κ2) is 12.0. The Labute approximate surface area is 149 Å². The molecule has 1 heterocycles. The fourth-order valence-corrected chi connectivity index (χ4v) is 2.43. The molecule has 0 spiro atoms. The Kier molecular flexibility index (Phi) is 9.11. The average Bonchev–Trinajstić information content (AvgIpc) is 2.66. The van der Waals surface area contributed by atoms with Crippen molar-refractivity contribution in [3.8, 4) is 0 Å². The van der Waals surface area contributed by atoms with E-state index >= 15 is 0 Å². The van der Waals surface area contributed by atoms with Crippen LogP contribution in [0, 0.1) is 0 Å². The zero-order valence-corrected chi connectivity index (χ0v) is 14.6. The lowest BCUT2D eigenvalue weighted by atomic mass is 10.2. The number of aromatic nitrogens is 1. The second-order valence-corrected chi connectivity index (χ2v) is 5.94. The maximum atomic E-state index is 11.6. The summed E-state index contributed by atoms with van der Waals surface area (Å²) in [5, 5.41) is 6.21. The number of carbonyl (C=O) groups excluding carboxylic acids is 1. The number of carbonyl (C=O) groups is 1. The van der Waals surface area contributed by atoms with Gasteiger partial charge in [-0.2, -0.15) is 0 Å². The van der Waals surface area contributed by atoms with Crippen LogP contribution in [0.1, 0.15) is 36.8 Å². The summed E-state index contributed by atoms with van der Waals surface area (Å²) in [4.78, 5) is 15.7. The standard InChI is InChI=1S/C20H27N3O2/c24-20(25-17-18-9-4-3-5-10-18)23-14-7-2-1-6-12-21-15-19-11-8-13-22-16-19/h3-5,8-11,13,16,21H,1-2,6-7,12,14-15,17H2,(H,23,24). The van der Waals surface area contributed by atoms with Crippen molar-refractivity contribution in [1.29, 1.82) is 0 Å². The third-order valence-corrected chi connectivity index (χ3v) is 3.81. The summed E-state index contributed by atoms with van der Waals surface area (Å²) < 4.78 is 5.16. The molecule has 0 aliphatic heterocycles. The number of ether oxygens (including phenoxy) is 1. The van der Waals surface area contributed by atoms with Crippen molar-refractivity contribution < 1.29 is 9.53 Å². The summed E-state index contributed by atoms with van der Waals surface area (Å²) in [5.41, 5.74) is 2.21. The average molecular weight is 341 g/mol. The molecule has 0 radical (unpaired) electrons. The third-order valence-electron chi connectivity index (χ3n) is 3.81. The summed E-state index contributed by atoms with van der Waals surface area (Å²) in [5.74, 6) is 0. The molecule has 0 fully saturated rings. The Morgan fingerprint density at radius 3 is 2.44 bits per heavy atom. The lowest BCUT2D eigenvalue weighted by Gasteiger charge is -2.07. The van der Waals surface area contributed by atoms with Crippen molar-refractivity contribution in [3.05, 3.63) is 66.0 Å². The van der Waals surface area contributed by atoms with Gasteiger partial charge in [0.05, 0.1) is 0 Å². The van der Waals surface area contributed by atoms with Gasteiger partial charge in [0, 0.05) is 25.5 Å². The highest BCUT2D eigenvalue weighted by molar-refractivity contribution is 5.67. The molecule has 0 aliphatic carbocycles. The van der Waals surface area contributed by atoms with Crippen LogP contribution in [-0.4, -0.2) is 24.2 Å². The van der Waals surface area contributed by atoms with Gasteiger partial charge in [-0.05, 0) is 36.6 Å². The van der Waals surface area contributed by atoms with Crippen LogP contribution in [0.5, 0.6) is 0 Å². The number of hydrogen-bond acceptors (Lipinski definition) is 4. The number of nitrogens with zero attached hydrogens (tertiary/aromatic N) is 1. The van der Waals surface area contributed by atoms with E-state index in [1.807, 2.05) is 42.6 Å². The molecule has 134 valence electrons. The van der Waals surface area contributed by atoms with Gasteiger partial charge in [0.25, 0.3) is 0 Å². The van der Waals surface area contributed by atoms with Crippen molar-refractivity contribution in [2.45, 2.75) is 38.8 Å². The molecule has 5 nitrogen and oxygen atoms in total. The first-order valence-electron chi connectivity index (χ1n) is 8.89. The van der Waals surface area contributed by atoms with Crippen LogP contribution in [-0.2, 0) is 17.9 Å². The molecule has 1 aromatic heterocycles.